The van der Waals surface area contributed by atoms with Gasteiger partial charge >= 0.3 is 6.01 Å². The van der Waals surface area contributed by atoms with Crippen molar-refractivity contribution >= 4 is 28.3 Å². The molecule has 5 aliphatic heterocycles. The third kappa shape index (κ3) is 5.28. The number of fused-ring (bicyclic) bond motifs is 7. The van der Waals surface area contributed by atoms with E-state index >= 15 is 4.39 Å². The van der Waals surface area contributed by atoms with Gasteiger partial charge in [0.2, 0.25) is 0 Å². The Labute approximate surface area is 251 Å². The molecule has 1 N–H and O–H groups in total. The van der Waals surface area contributed by atoms with Gasteiger partial charge in [-0.1, -0.05) is 18.0 Å². The van der Waals surface area contributed by atoms with Crippen LogP contribution in [0.15, 0.2) is 18.3 Å². The van der Waals surface area contributed by atoms with Crippen LogP contribution in [-0.2, 0) is 11.2 Å². The molecule has 1 unspecified atom stereocenters. The van der Waals surface area contributed by atoms with Gasteiger partial charge in [0.05, 0.1) is 17.0 Å². The molecule has 2 aromatic heterocycles. The lowest BCUT2D eigenvalue weighted by atomic mass is 9.95. The average molecular weight is 596 g/mol. The van der Waals surface area contributed by atoms with E-state index in [2.05, 4.69) is 19.8 Å². The quantitative estimate of drug-likeness (QED) is 0.378. The van der Waals surface area contributed by atoms with Crippen LogP contribution in [0.25, 0.3) is 22.2 Å². The van der Waals surface area contributed by atoms with E-state index in [9.17, 15) is 5.11 Å². The molecule has 3 fully saturated rings. The number of aromatic nitrogens is 3. The number of hydrogen-bond donors (Lipinski definition) is 1. The number of phenolic OH excluding ortho intramolecular Hbond substituents is 1. The Bertz CT molecular complexity index is 1460. The molecular weight excluding hydrogens is 557 g/mol. The molecule has 3 saturated heterocycles. The van der Waals surface area contributed by atoms with Gasteiger partial charge in [0, 0.05) is 36.5 Å². The average Bonchev–Trinajstić information content (AvgIpc) is 3.47. The van der Waals surface area contributed by atoms with Crippen molar-refractivity contribution in [3.05, 3.63) is 34.7 Å². The highest BCUT2D eigenvalue weighted by atomic mass is 35.5. The second-order valence-corrected chi connectivity index (χ2v) is 12.8. The maximum absolute atomic E-state index is 16.7. The van der Waals surface area contributed by atoms with Crippen LogP contribution >= 0.6 is 11.6 Å². The third-order valence-corrected chi connectivity index (χ3v) is 10.0. The number of anilines is 1. The first-order valence-electron chi connectivity index (χ1n) is 15.6. The van der Waals surface area contributed by atoms with E-state index < -0.39 is 5.82 Å². The van der Waals surface area contributed by atoms with Crippen molar-refractivity contribution in [1.82, 2.24) is 19.9 Å². The number of rotatable bonds is 3. The van der Waals surface area contributed by atoms with E-state index in [4.69, 9.17) is 26.1 Å². The molecule has 0 radical (unpaired) electrons. The Morgan fingerprint density at radius 1 is 1.05 bits per heavy atom. The molecule has 0 amide bonds. The zero-order chi connectivity index (χ0) is 28.7. The van der Waals surface area contributed by atoms with Gasteiger partial charge in [-0.15, -0.1) is 0 Å². The van der Waals surface area contributed by atoms with Crippen LogP contribution in [-0.4, -0.2) is 76.0 Å². The van der Waals surface area contributed by atoms with Gasteiger partial charge in [-0.25, -0.2) is 4.39 Å². The van der Waals surface area contributed by atoms with Gasteiger partial charge in [-0.05, 0) is 95.0 Å². The summed E-state index contributed by atoms with van der Waals surface area (Å²) in [6, 6.07) is 3.26. The van der Waals surface area contributed by atoms with Crippen molar-refractivity contribution in [2.24, 2.45) is 0 Å². The first kappa shape index (κ1) is 28.0. The van der Waals surface area contributed by atoms with Crippen molar-refractivity contribution in [2.75, 3.05) is 44.3 Å². The van der Waals surface area contributed by atoms with Crippen molar-refractivity contribution in [3.8, 4) is 23.0 Å². The monoisotopic (exact) mass is 595 g/mol. The molecule has 7 heterocycles. The Morgan fingerprint density at radius 3 is 2.76 bits per heavy atom. The van der Waals surface area contributed by atoms with Gasteiger partial charge < -0.3 is 19.5 Å². The van der Waals surface area contributed by atoms with Gasteiger partial charge in [-0.3, -0.25) is 9.88 Å². The second-order valence-electron chi connectivity index (χ2n) is 12.4. The van der Waals surface area contributed by atoms with Crippen LogP contribution in [0, 0.1) is 5.82 Å². The number of nitrogens with zero attached hydrogens (tertiary/aromatic N) is 5. The van der Waals surface area contributed by atoms with Gasteiger partial charge in [0.15, 0.2) is 5.82 Å². The summed E-state index contributed by atoms with van der Waals surface area (Å²) in [5.74, 6) is 0.0554. The van der Waals surface area contributed by atoms with E-state index in [1.165, 1.54) is 18.9 Å². The molecule has 3 aromatic rings. The molecule has 224 valence electrons. The predicted octanol–water partition coefficient (Wildman–Crippen LogP) is 6.30. The maximum atomic E-state index is 16.7. The number of pyridine rings is 1. The summed E-state index contributed by atoms with van der Waals surface area (Å²) in [5.41, 5.74) is 1.59. The zero-order valence-electron chi connectivity index (χ0n) is 24.1. The third-order valence-electron chi connectivity index (χ3n) is 9.71. The summed E-state index contributed by atoms with van der Waals surface area (Å²) in [5, 5.41) is 11.4. The summed E-state index contributed by atoms with van der Waals surface area (Å²) in [7, 11) is 0. The zero-order valence-corrected chi connectivity index (χ0v) is 24.8. The molecule has 5 aliphatic rings. The highest BCUT2D eigenvalue weighted by molar-refractivity contribution is 6.32. The highest BCUT2D eigenvalue weighted by Gasteiger charge is 2.45. The summed E-state index contributed by atoms with van der Waals surface area (Å²) >= 11 is 6.62. The Morgan fingerprint density at radius 2 is 1.90 bits per heavy atom. The van der Waals surface area contributed by atoms with Crippen LogP contribution in [0.5, 0.6) is 11.8 Å². The van der Waals surface area contributed by atoms with E-state index in [1.807, 2.05) is 0 Å². The Kier molecular flexibility index (Phi) is 7.84. The summed E-state index contributed by atoms with van der Waals surface area (Å²) in [4.78, 5) is 18.9. The minimum atomic E-state index is -0.555. The number of aromatic hydroxyl groups is 1. The van der Waals surface area contributed by atoms with E-state index in [1.54, 1.807) is 12.3 Å². The van der Waals surface area contributed by atoms with Gasteiger partial charge in [0.25, 0.3) is 0 Å². The van der Waals surface area contributed by atoms with Crippen molar-refractivity contribution in [3.63, 3.8) is 0 Å². The minimum Gasteiger partial charge on any atom is -0.508 e. The molecule has 8 rings (SSSR count). The second kappa shape index (κ2) is 11.7. The van der Waals surface area contributed by atoms with E-state index in [0.29, 0.717) is 48.0 Å². The first-order valence-corrected chi connectivity index (χ1v) is 16.0. The Hall–Kier alpha value is -2.75. The molecular formula is C32H39ClFN5O3. The maximum Gasteiger partial charge on any atom is 0.319 e. The molecule has 0 saturated carbocycles. The number of halogens is 2. The van der Waals surface area contributed by atoms with Crippen LogP contribution in [0.1, 0.15) is 69.8 Å². The fourth-order valence-corrected chi connectivity index (χ4v) is 7.83. The normalized spacial score (nSPS) is 22.8. The lowest BCUT2D eigenvalue weighted by Gasteiger charge is -2.31. The van der Waals surface area contributed by atoms with E-state index in [0.717, 1.165) is 76.6 Å². The summed E-state index contributed by atoms with van der Waals surface area (Å²) in [6.07, 6.45) is 12.8. The number of phenols is 1. The molecule has 10 heteroatoms. The number of hydrogen-bond acceptors (Lipinski definition) is 8. The van der Waals surface area contributed by atoms with Crippen molar-refractivity contribution in [1.29, 1.82) is 0 Å². The molecule has 1 atom stereocenters. The topological polar surface area (TPSA) is 83.8 Å². The van der Waals surface area contributed by atoms with Crippen LogP contribution < -0.4 is 9.64 Å². The molecule has 1 aromatic carbocycles. The standard InChI is InChI=1S/C32H39ClFN5O3/c33-26-17-21(40)16-24-23(26)9-2-1-5-15-41-22-8-3-4-12-38(19-22)30-25-18-35-28(24)27(34)29(25)36-31(37-30)42-20-32-10-6-13-39(32)14-7-11-32/h16-18,22,40H,1-15,19-20H2. The number of benzene rings is 1. The number of ether oxygens (including phenoxy) is 2. The lowest BCUT2D eigenvalue weighted by molar-refractivity contribution is 0.0515. The van der Waals surface area contributed by atoms with Gasteiger partial charge in [0.1, 0.15) is 29.4 Å². The highest BCUT2D eigenvalue weighted by Crippen LogP contribution is 2.41. The molecule has 0 aliphatic carbocycles. The van der Waals surface area contributed by atoms with Crippen molar-refractivity contribution in [2.45, 2.75) is 82.3 Å². The lowest BCUT2D eigenvalue weighted by Crippen LogP contribution is -2.43. The summed E-state index contributed by atoms with van der Waals surface area (Å²) in [6.45, 7) is 4.86. The van der Waals surface area contributed by atoms with Gasteiger partial charge in [-0.2, -0.15) is 9.97 Å². The minimum absolute atomic E-state index is 0.0168. The molecule has 0 spiro atoms. The molecule has 6 bridgehead atoms. The van der Waals surface area contributed by atoms with Crippen LogP contribution in [0.2, 0.25) is 5.02 Å². The fraction of sp³-hybridized carbons (Fsp3) is 0.594. The fourth-order valence-electron chi connectivity index (χ4n) is 7.52. The summed E-state index contributed by atoms with van der Waals surface area (Å²) < 4.78 is 29.4. The SMILES string of the molecule is Oc1cc(Cl)c2c(c1)-c1ncc3c(nc(OCC45CCCN4CCC5)nc3c1F)N1CCCCC(C1)OCCCCC2. The van der Waals surface area contributed by atoms with Crippen LogP contribution in [0.4, 0.5) is 10.2 Å². The largest absolute Gasteiger partial charge is 0.508 e. The smallest absolute Gasteiger partial charge is 0.319 e. The molecule has 8 nitrogen and oxygen atoms in total. The van der Waals surface area contributed by atoms with Crippen LogP contribution in [0.3, 0.4) is 0 Å². The molecule has 42 heavy (non-hydrogen) atoms. The first-order chi connectivity index (χ1) is 20.5. The Balaban J connectivity index is 1.36. The predicted molar refractivity (Wildman–Crippen MR) is 161 cm³/mol. The van der Waals surface area contributed by atoms with Crippen molar-refractivity contribution < 1.29 is 19.0 Å². The van der Waals surface area contributed by atoms with E-state index in [-0.39, 0.29) is 34.6 Å².